The van der Waals surface area contributed by atoms with Gasteiger partial charge in [0.25, 0.3) is 0 Å². The third kappa shape index (κ3) is 4.49. The molecule has 1 heterocycles. The fraction of sp³-hybridized carbons (Fsp3) is 0.333. The van der Waals surface area contributed by atoms with E-state index in [9.17, 15) is 9.59 Å². The third-order valence-corrected chi connectivity index (χ3v) is 3.40. The first-order chi connectivity index (χ1) is 10.7. The lowest BCUT2D eigenvalue weighted by molar-refractivity contribution is -0.119. The SMILES string of the molecule is C/C=C/C(=O)NCC#Cc1ccc(N2CCCCC2=O)cc1. The fourth-order valence-electron chi connectivity index (χ4n) is 2.29. The molecule has 1 N–H and O–H groups in total. The summed E-state index contributed by atoms with van der Waals surface area (Å²) >= 11 is 0. The Balaban J connectivity index is 1.92. The van der Waals surface area contributed by atoms with Crippen molar-refractivity contribution >= 4 is 17.5 Å². The lowest BCUT2D eigenvalue weighted by Crippen LogP contribution is -2.35. The van der Waals surface area contributed by atoms with Gasteiger partial charge in [0.2, 0.25) is 11.8 Å². The quantitative estimate of drug-likeness (QED) is 0.687. The third-order valence-electron chi connectivity index (χ3n) is 3.40. The number of anilines is 1. The minimum atomic E-state index is -0.143. The van der Waals surface area contributed by atoms with Gasteiger partial charge in [-0.1, -0.05) is 17.9 Å². The average molecular weight is 296 g/mol. The van der Waals surface area contributed by atoms with Crippen molar-refractivity contribution in [3.63, 3.8) is 0 Å². The molecule has 4 heteroatoms. The molecule has 0 aliphatic carbocycles. The summed E-state index contributed by atoms with van der Waals surface area (Å²) in [5.74, 6) is 5.94. The molecule has 0 spiro atoms. The predicted molar refractivity (Wildman–Crippen MR) is 87.3 cm³/mol. The summed E-state index contributed by atoms with van der Waals surface area (Å²) in [6.45, 7) is 2.90. The smallest absolute Gasteiger partial charge is 0.244 e. The molecule has 1 aliphatic heterocycles. The molecular formula is C18H20N2O2. The first-order valence-corrected chi connectivity index (χ1v) is 7.50. The zero-order chi connectivity index (χ0) is 15.8. The number of benzene rings is 1. The molecule has 0 bridgehead atoms. The summed E-state index contributed by atoms with van der Waals surface area (Å²) in [7, 11) is 0. The zero-order valence-electron chi connectivity index (χ0n) is 12.8. The topological polar surface area (TPSA) is 49.4 Å². The Morgan fingerprint density at radius 3 is 2.77 bits per heavy atom. The van der Waals surface area contributed by atoms with Gasteiger partial charge < -0.3 is 10.2 Å². The van der Waals surface area contributed by atoms with E-state index >= 15 is 0 Å². The van der Waals surface area contributed by atoms with Crippen LogP contribution in [0.4, 0.5) is 5.69 Å². The summed E-state index contributed by atoms with van der Waals surface area (Å²) in [6.07, 6.45) is 5.82. The number of nitrogens with one attached hydrogen (secondary N) is 1. The summed E-state index contributed by atoms with van der Waals surface area (Å²) in [5, 5.41) is 2.67. The van der Waals surface area contributed by atoms with Gasteiger partial charge in [0.1, 0.15) is 0 Å². The Kier molecular flexibility index (Phi) is 5.79. The molecule has 1 fully saturated rings. The molecule has 0 radical (unpaired) electrons. The standard InChI is InChI=1S/C18H20N2O2/c1-2-6-17(21)19-13-5-7-15-9-11-16(12-10-15)20-14-4-3-8-18(20)22/h2,6,9-12H,3-4,8,13-14H2,1H3,(H,19,21)/b6-2+. The van der Waals surface area contributed by atoms with Gasteiger partial charge in [-0.3, -0.25) is 9.59 Å². The van der Waals surface area contributed by atoms with Gasteiger partial charge in [-0.25, -0.2) is 0 Å². The highest BCUT2D eigenvalue weighted by Gasteiger charge is 2.18. The highest BCUT2D eigenvalue weighted by molar-refractivity contribution is 5.94. The van der Waals surface area contributed by atoms with Gasteiger partial charge in [-0.05, 0) is 50.1 Å². The van der Waals surface area contributed by atoms with E-state index in [1.165, 1.54) is 6.08 Å². The summed E-state index contributed by atoms with van der Waals surface area (Å²) in [6, 6.07) is 7.65. The summed E-state index contributed by atoms with van der Waals surface area (Å²) < 4.78 is 0. The molecule has 0 aromatic heterocycles. The molecular weight excluding hydrogens is 276 g/mol. The van der Waals surface area contributed by atoms with Gasteiger partial charge in [0.05, 0.1) is 6.54 Å². The van der Waals surface area contributed by atoms with Crippen molar-refractivity contribution in [2.75, 3.05) is 18.0 Å². The molecule has 1 aromatic carbocycles. The number of carbonyl (C=O) groups is 2. The van der Waals surface area contributed by atoms with Crippen molar-refractivity contribution in [3.05, 3.63) is 42.0 Å². The van der Waals surface area contributed by atoms with E-state index < -0.39 is 0 Å². The van der Waals surface area contributed by atoms with Crippen molar-refractivity contribution in [3.8, 4) is 11.8 Å². The van der Waals surface area contributed by atoms with Crippen molar-refractivity contribution in [2.24, 2.45) is 0 Å². The summed E-state index contributed by atoms with van der Waals surface area (Å²) in [5.41, 5.74) is 1.80. The van der Waals surface area contributed by atoms with E-state index in [4.69, 9.17) is 0 Å². The first kappa shape index (κ1) is 15.8. The van der Waals surface area contributed by atoms with Crippen molar-refractivity contribution in [2.45, 2.75) is 26.2 Å². The number of piperidine rings is 1. The molecule has 0 unspecified atom stereocenters. The first-order valence-electron chi connectivity index (χ1n) is 7.50. The number of hydrogen-bond donors (Lipinski definition) is 1. The van der Waals surface area contributed by atoms with E-state index in [1.807, 2.05) is 29.2 Å². The minimum absolute atomic E-state index is 0.143. The highest BCUT2D eigenvalue weighted by atomic mass is 16.2. The lowest BCUT2D eigenvalue weighted by Gasteiger charge is -2.26. The second-order valence-corrected chi connectivity index (χ2v) is 5.07. The van der Waals surface area contributed by atoms with Gasteiger partial charge in [0.15, 0.2) is 0 Å². The van der Waals surface area contributed by atoms with Crippen LogP contribution in [0.3, 0.4) is 0 Å². The number of allylic oxidation sites excluding steroid dienone is 1. The average Bonchev–Trinajstić information content (AvgIpc) is 2.53. The molecule has 0 atom stereocenters. The number of amides is 2. The normalized spacial score (nSPS) is 14.6. The Bertz CT molecular complexity index is 621. The van der Waals surface area contributed by atoms with Crippen molar-refractivity contribution < 1.29 is 9.59 Å². The number of nitrogens with zero attached hydrogens (tertiary/aromatic N) is 1. The molecule has 1 aromatic rings. The van der Waals surface area contributed by atoms with Crippen LogP contribution in [-0.2, 0) is 9.59 Å². The Labute approximate surface area is 131 Å². The molecule has 2 amide bonds. The Morgan fingerprint density at radius 2 is 2.09 bits per heavy atom. The molecule has 114 valence electrons. The molecule has 4 nitrogen and oxygen atoms in total. The van der Waals surface area contributed by atoms with Crippen LogP contribution in [-0.4, -0.2) is 24.9 Å². The lowest BCUT2D eigenvalue weighted by atomic mass is 10.1. The second kappa shape index (κ2) is 8.04. The van der Waals surface area contributed by atoms with Crippen LogP contribution < -0.4 is 10.2 Å². The van der Waals surface area contributed by atoms with E-state index in [2.05, 4.69) is 17.2 Å². The summed E-state index contributed by atoms with van der Waals surface area (Å²) in [4.78, 5) is 24.9. The van der Waals surface area contributed by atoms with Gasteiger partial charge in [-0.2, -0.15) is 0 Å². The van der Waals surface area contributed by atoms with Crippen molar-refractivity contribution in [1.82, 2.24) is 5.32 Å². The Hall–Kier alpha value is -2.54. The fourth-order valence-corrected chi connectivity index (χ4v) is 2.29. The zero-order valence-corrected chi connectivity index (χ0v) is 12.8. The van der Waals surface area contributed by atoms with E-state index in [0.717, 1.165) is 30.6 Å². The van der Waals surface area contributed by atoms with Crippen LogP contribution in [0.25, 0.3) is 0 Å². The van der Waals surface area contributed by atoms with Crippen LogP contribution in [0.2, 0.25) is 0 Å². The molecule has 2 rings (SSSR count). The van der Waals surface area contributed by atoms with Gasteiger partial charge in [0, 0.05) is 24.2 Å². The largest absolute Gasteiger partial charge is 0.342 e. The predicted octanol–water partition coefficient (Wildman–Crippen LogP) is 2.25. The number of rotatable bonds is 3. The van der Waals surface area contributed by atoms with Gasteiger partial charge in [-0.15, -0.1) is 0 Å². The second-order valence-electron chi connectivity index (χ2n) is 5.07. The molecule has 1 saturated heterocycles. The number of hydrogen-bond acceptors (Lipinski definition) is 2. The van der Waals surface area contributed by atoms with Crippen LogP contribution >= 0.6 is 0 Å². The van der Waals surface area contributed by atoms with E-state index in [-0.39, 0.29) is 11.8 Å². The van der Waals surface area contributed by atoms with Crippen LogP contribution in [0.5, 0.6) is 0 Å². The van der Waals surface area contributed by atoms with E-state index in [1.54, 1.807) is 13.0 Å². The van der Waals surface area contributed by atoms with E-state index in [0.29, 0.717) is 13.0 Å². The van der Waals surface area contributed by atoms with Crippen LogP contribution in [0.1, 0.15) is 31.7 Å². The maximum Gasteiger partial charge on any atom is 0.244 e. The molecule has 1 aliphatic rings. The van der Waals surface area contributed by atoms with Crippen LogP contribution in [0.15, 0.2) is 36.4 Å². The minimum Gasteiger partial charge on any atom is -0.342 e. The maximum absolute atomic E-state index is 11.9. The van der Waals surface area contributed by atoms with Crippen molar-refractivity contribution in [1.29, 1.82) is 0 Å². The van der Waals surface area contributed by atoms with Crippen LogP contribution in [0, 0.1) is 11.8 Å². The van der Waals surface area contributed by atoms with Gasteiger partial charge >= 0.3 is 0 Å². The number of carbonyl (C=O) groups excluding carboxylic acids is 2. The molecule has 0 saturated carbocycles. The Morgan fingerprint density at radius 1 is 1.32 bits per heavy atom. The monoisotopic (exact) mass is 296 g/mol. The molecule has 22 heavy (non-hydrogen) atoms. The highest BCUT2D eigenvalue weighted by Crippen LogP contribution is 2.20. The maximum atomic E-state index is 11.9.